The highest BCUT2D eigenvalue weighted by molar-refractivity contribution is 5.91. The van der Waals surface area contributed by atoms with E-state index in [9.17, 15) is 14.7 Å². The molecule has 6 heteroatoms. The third-order valence-electron chi connectivity index (χ3n) is 5.05. The number of hydrogen-bond donors (Lipinski definition) is 1. The Morgan fingerprint density at radius 3 is 3.09 bits per heavy atom. The van der Waals surface area contributed by atoms with Crippen LogP contribution >= 0.6 is 0 Å². The van der Waals surface area contributed by atoms with E-state index in [-0.39, 0.29) is 11.9 Å². The van der Waals surface area contributed by atoms with Crippen LogP contribution in [0.25, 0.3) is 0 Å². The molecule has 0 saturated carbocycles. The monoisotopic (exact) mass is 300 g/mol. The van der Waals surface area contributed by atoms with Crippen LogP contribution in [0.2, 0.25) is 0 Å². The molecular weight excluding hydrogens is 284 g/mol. The molecule has 4 rings (SSSR count). The predicted molar refractivity (Wildman–Crippen MR) is 75.7 cm³/mol. The van der Waals surface area contributed by atoms with Crippen molar-refractivity contribution < 1.29 is 19.4 Å². The van der Waals surface area contributed by atoms with Gasteiger partial charge in [0.25, 0.3) is 0 Å². The predicted octanol–water partition coefficient (Wildman–Crippen LogP) is 1.01. The van der Waals surface area contributed by atoms with E-state index in [1.165, 1.54) is 0 Å². The molecule has 2 fully saturated rings. The highest BCUT2D eigenvalue weighted by Crippen LogP contribution is 2.53. The molecule has 1 spiro atoms. The van der Waals surface area contributed by atoms with E-state index in [4.69, 9.17) is 4.74 Å². The SMILES string of the molecule is C[C@H](c1cccnc1)N1C[C@@]23C=C[C@H](O2)[C@H](C(=O)O)[C@@H]3C1=O. The summed E-state index contributed by atoms with van der Waals surface area (Å²) in [4.78, 5) is 30.2. The van der Waals surface area contributed by atoms with Gasteiger partial charge >= 0.3 is 5.97 Å². The topological polar surface area (TPSA) is 79.7 Å². The van der Waals surface area contributed by atoms with Crippen molar-refractivity contribution >= 4 is 11.9 Å². The van der Waals surface area contributed by atoms with Crippen LogP contribution in [0.15, 0.2) is 36.7 Å². The van der Waals surface area contributed by atoms with Crippen molar-refractivity contribution in [3.8, 4) is 0 Å². The van der Waals surface area contributed by atoms with Crippen molar-refractivity contribution in [2.75, 3.05) is 6.54 Å². The van der Waals surface area contributed by atoms with Gasteiger partial charge in [-0.1, -0.05) is 18.2 Å². The second kappa shape index (κ2) is 4.39. The number of ether oxygens (including phenoxy) is 1. The zero-order valence-electron chi connectivity index (χ0n) is 12.0. The first kappa shape index (κ1) is 13.5. The zero-order chi connectivity index (χ0) is 15.5. The molecule has 6 nitrogen and oxygen atoms in total. The van der Waals surface area contributed by atoms with Crippen molar-refractivity contribution in [3.63, 3.8) is 0 Å². The molecule has 1 N–H and O–H groups in total. The number of fused-ring (bicyclic) bond motifs is 1. The quantitative estimate of drug-likeness (QED) is 0.843. The summed E-state index contributed by atoms with van der Waals surface area (Å²) >= 11 is 0. The largest absolute Gasteiger partial charge is 0.481 e. The fourth-order valence-corrected chi connectivity index (χ4v) is 3.94. The van der Waals surface area contributed by atoms with Crippen LogP contribution in [0.5, 0.6) is 0 Å². The van der Waals surface area contributed by atoms with E-state index < -0.39 is 29.5 Å². The Morgan fingerprint density at radius 1 is 1.59 bits per heavy atom. The maximum Gasteiger partial charge on any atom is 0.310 e. The second-order valence-corrected chi connectivity index (χ2v) is 6.17. The van der Waals surface area contributed by atoms with Crippen LogP contribution in [0.1, 0.15) is 18.5 Å². The van der Waals surface area contributed by atoms with Crippen LogP contribution in [-0.4, -0.2) is 45.1 Å². The molecule has 114 valence electrons. The Labute approximate surface area is 127 Å². The minimum atomic E-state index is -0.967. The van der Waals surface area contributed by atoms with Gasteiger partial charge in [-0.3, -0.25) is 14.6 Å². The number of pyridine rings is 1. The lowest BCUT2D eigenvalue weighted by Crippen LogP contribution is -2.39. The van der Waals surface area contributed by atoms with Crippen molar-refractivity contribution in [3.05, 3.63) is 42.2 Å². The van der Waals surface area contributed by atoms with Gasteiger partial charge in [-0.15, -0.1) is 0 Å². The standard InChI is InChI=1S/C16H16N2O4/c1-9(10-3-2-6-17-7-10)18-8-16-5-4-11(22-16)12(15(20)21)13(16)14(18)19/h2-7,9,11-13H,8H2,1H3,(H,20,21)/t9-,11+,12+,13-,16-/m1/s1. The van der Waals surface area contributed by atoms with Crippen molar-refractivity contribution in [2.45, 2.75) is 24.7 Å². The van der Waals surface area contributed by atoms with Crippen LogP contribution in [-0.2, 0) is 14.3 Å². The third kappa shape index (κ3) is 1.61. The zero-order valence-corrected chi connectivity index (χ0v) is 12.0. The molecular formula is C16H16N2O4. The van der Waals surface area contributed by atoms with E-state index in [1.54, 1.807) is 23.4 Å². The van der Waals surface area contributed by atoms with Gasteiger partial charge < -0.3 is 14.7 Å². The van der Waals surface area contributed by atoms with Gasteiger partial charge in [-0.25, -0.2) is 0 Å². The normalized spacial score (nSPS) is 36.7. The molecule has 1 amide bonds. The van der Waals surface area contributed by atoms with Gasteiger partial charge in [-0.05, 0) is 18.6 Å². The third-order valence-corrected chi connectivity index (χ3v) is 5.05. The summed E-state index contributed by atoms with van der Waals surface area (Å²) in [5, 5.41) is 9.44. The fourth-order valence-electron chi connectivity index (χ4n) is 3.94. The Hall–Kier alpha value is -2.21. The van der Waals surface area contributed by atoms with Crippen LogP contribution < -0.4 is 0 Å². The van der Waals surface area contributed by atoms with Gasteiger partial charge in [0.2, 0.25) is 5.91 Å². The minimum Gasteiger partial charge on any atom is -0.481 e. The molecule has 1 aromatic heterocycles. The summed E-state index contributed by atoms with van der Waals surface area (Å²) in [6, 6.07) is 3.58. The van der Waals surface area contributed by atoms with Gasteiger partial charge in [0.15, 0.2) is 0 Å². The van der Waals surface area contributed by atoms with E-state index >= 15 is 0 Å². The Bertz CT molecular complexity index is 674. The number of carbonyl (C=O) groups is 2. The van der Waals surface area contributed by atoms with Crippen molar-refractivity contribution in [1.29, 1.82) is 0 Å². The molecule has 0 aliphatic carbocycles. The molecule has 4 heterocycles. The summed E-state index contributed by atoms with van der Waals surface area (Å²) in [5.74, 6) is -2.52. The molecule has 3 aliphatic heterocycles. The number of carboxylic acids is 1. The van der Waals surface area contributed by atoms with Gasteiger partial charge in [0.1, 0.15) is 11.5 Å². The van der Waals surface area contributed by atoms with Crippen LogP contribution in [0.3, 0.4) is 0 Å². The fraction of sp³-hybridized carbons (Fsp3) is 0.438. The first-order valence-electron chi connectivity index (χ1n) is 7.34. The van der Waals surface area contributed by atoms with E-state index in [1.807, 2.05) is 25.1 Å². The summed E-state index contributed by atoms with van der Waals surface area (Å²) < 4.78 is 5.87. The maximum atomic E-state index is 12.8. The molecule has 0 radical (unpaired) electrons. The molecule has 5 atom stereocenters. The van der Waals surface area contributed by atoms with Crippen LogP contribution in [0.4, 0.5) is 0 Å². The Kier molecular flexibility index (Phi) is 2.69. The molecule has 3 aliphatic rings. The highest BCUT2D eigenvalue weighted by atomic mass is 16.5. The number of likely N-dealkylation sites (tertiary alicyclic amines) is 1. The number of nitrogens with zero attached hydrogens (tertiary/aromatic N) is 2. The smallest absolute Gasteiger partial charge is 0.310 e. The molecule has 0 aromatic carbocycles. The summed E-state index contributed by atoms with van der Waals surface area (Å²) in [5.41, 5.74) is 0.152. The lowest BCUT2D eigenvalue weighted by Gasteiger charge is -2.27. The van der Waals surface area contributed by atoms with Gasteiger partial charge in [0.05, 0.1) is 24.6 Å². The number of hydrogen-bond acceptors (Lipinski definition) is 4. The van der Waals surface area contributed by atoms with Crippen molar-refractivity contribution in [2.24, 2.45) is 11.8 Å². The number of amides is 1. The number of aliphatic carboxylic acids is 1. The summed E-state index contributed by atoms with van der Waals surface area (Å²) in [7, 11) is 0. The summed E-state index contributed by atoms with van der Waals surface area (Å²) in [6.07, 6.45) is 6.58. The first-order valence-corrected chi connectivity index (χ1v) is 7.34. The Balaban J connectivity index is 1.68. The van der Waals surface area contributed by atoms with Crippen LogP contribution in [0, 0.1) is 11.8 Å². The average Bonchev–Trinajstić information content (AvgIpc) is 3.15. The van der Waals surface area contributed by atoms with Gasteiger partial charge in [-0.2, -0.15) is 0 Å². The molecule has 0 unspecified atom stereocenters. The molecule has 2 bridgehead atoms. The molecule has 1 aromatic rings. The van der Waals surface area contributed by atoms with E-state index in [2.05, 4.69) is 4.98 Å². The summed E-state index contributed by atoms with van der Waals surface area (Å²) in [6.45, 7) is 2.32. The highest BCUT2D eigenvalue weighted by Gasteiger charge is 2.67. The van der Waals surface area contributed by atoms with E-state index in [0.29, 0.717) is 6.54 Å². The van der Waals surface area contributed by atoms with Crippen molar-refractivity contribution in [1.82, 2.24) is 9.88 Å². The molecule has 2 saturated heterocycles. The van der Waals surface area contributed by atoms with E-state index in [0.717, 1.165) is 5.56 Å². The average molecular weight is 300 g/mol. The first-order chi connectivity index (χ1) is 10.5. The lowest BCUT2D eigenvalue weighted by atomic mass is 9.77. The number of carboxylic acid groups (broad SMARTS) is 1. The number of aromatic nitrogens is 1. The lowest BCUT2D eigenvalue weighted by molar-refractivity contribution is -0.148. The number of rotatable bonds is 3. The van der Waals surface area contributed by atoms with Gasteiger partial charge in [0, 0.05) is 12.4 Å². The maximum absolute atomic E-state index is 12.8. The minimum absolute atomic E-state index is 0.143. The molecule has 22 heavy (non-hydrogen) atoms. The second-order valence-electron chi connectivity index (χ2n) is 6.17. The number of carbonyl (C=O) groups excluding carboxylic acids is 1. The Morgan fingerprint density at radius 2 is 2.41 bits per heavy atom.